The molecule has 4 aromatic heterocycles. The first-order valence-electron chi connectivity index (χ1n) is 14.6. The summed E-state index contributed by atoms with van der Waals surface area (Å²) in [6.07, 6.45) is 8.03. The monoisotopic (exact) mass is 764 g/mol. The summed E-state index contributed by atoms with van der Waals surface area (Å²) in [4.78, 5) is 23.5. The molecule has 0 bridgehead atoms. The molecule has 18 heteroatoms. The molecule has 14 nitrogen and oxygen atoms in total. The Morgan fingerprint density at radius 3 is 1.36 bits per heavy atom. The Kier molecular flexibility index (Phi) is 9.77. The van der Waals surface area contributed by atoms with Crippen molar-refractivity contribution in [1.29, 1.82) is 0 Å². The van der Waals surface area contributed by atoms with Crippen molar-refractivity contribution in [3.8, 4) is 0 Å². The van der Waals surface area contributed by atoms with E-state index in [1.54, 1.807) is 0 Å². The molecule has 0 spiro atoms. The Morgan fingerprint density at radius 1 is 0.591 bits per heavy atom. The largest absolute Gasteiger partial charge is 0.341 e. The van der Waals surface area contributed by atoms with Crippen molar-refractivity contribution >= 4 is 67.3 Å². The number of anilines is 2. The van der Waals surface area contributed by atoms with Crippen LogP contribution in [0.3, 0.4) is 0 Å². The van der Waals surface area contributed by atoms with E-state index < -0.39 is 0 Å². The van der Waals surface area contributed by atoms with E-state index in [9.17, 15) is 0 Å². The molecular formula is C26H34Br2N14S2. The molecule has 0 atom stereocenters. The van der Waals surface area contributed by atoms with Gasteiger partial charge in [0, 0.05) is 39.0 Å². The number of aryl methyl sites for hydroxylation is 4. The maximum absolute atomic E-state index is 6.44. The van der Waals surface area contributed by atoms with E-state index in [1.165, 1.54) is 45.7 Å². The van der Waals surface area contributed by atoms with Gasteiger partial charge in [-0.25, -0.2) is 29.3 Å². The smallest absolute Gasteiger partial charge is 0.226 e. The maximum Gasteiger partial charge on any atom is 0.226 e. The molecule has 0 aromatic carbocycles. The second-order valence-corrected chi connectivity index (χ2v) is 14.3. The molecule has 2 aliphatic rings. The molecule has 0 radical (unpaired) electrons. The van der Waals surface area contributed by atoms with E-state index in [0.29, 0.717) is 34.8 Å². The number of aromatic nitrogens is 10. The van der Waals surface area contributed by atoms with Gasteiger partial charge in [0.15, 0.2) is 11.6 Å². The third-order valence-electron chi connectivity index (χ3n) is 7.65. The van der Waals surface area contributed by atoms with Crippen molar-refractivity contribution in [3.63, 3.8) is 0 Å². The first-order chi connectivity index (χ1) is 21.3. The van der Waals surface area contributed by atoms with Crippen molar-refractivity contribution < 1.29 is 0 Å². The van der Waals surface area contributed by atoms with Crippen molar-refractivity contribution in [2.45, 2.75) is 85.6 Å². The fourth-order valence-electron chi connectivity index (χ4n) is 5.13. The van der Waals surface area contributed by atoms with Crippen LogP contribution in [0.2, 0.25) is 0 Å². The van der Waals surface area contributed by atoms with Crippen molar-refractivity contribution in [2.24, 2.45) is 0 Å². The molecule has 0 amide bonds. The van der Waals surface area contributed by atoms with Gasteiger partial charge in [-0.15, -0.1) is 20.4 Å². The minimum Gasteiger partial charge on any atom is -0.341 e. The lowest BCUT2D eigenvalue weighted by atomic mass is 10.1. The van der Waals surface area contributed by atoms with Crippen LogP contribution in [0.5, 0.6) is 0 Å². The lowest BCUT2D eigenvalue weighted by Gasteiger charge is -2.27. The van der Waals surface area contributed by atoms with E-state index in [0.717, 1.165) is 94.1 Å². The van der Waals surface area contributed by atoms with E-state index in [1.807, 2.05) is 13.8 Å². The average molecular weight is 767 g/mol. The number of piperidine rings is 2. The first kappa shape index (κ1) is 31.3. The lowest BCUT2D eigenvalue weighted by Crippen LogP contribution is -2.31. The zero-order chi connectivity index (χ0) is 30.8. The predicted octanol–water partition coefficient (Wildman–Crippen LogP) is 4.09. The molecule has 2 saturated heterocycles. The van der Waals surface area contributed by atoms with Gasteiger partial charge in [0.05, 0.1) is 20.3 Å². The highest BCUT2D eigenvalue weighted by molar-refractivity contribution is 9.10. The molecule has 2 aliphatic heterocycles. The molecule has 4 N–H and O–H groups in total. The summed E-state index contributed by atoms with van der Waals surface area (Å²) in [6, 6.07) is 0. The molecule has 0 saturated carbocycles. The van der Waals surface area contributed by atoms with Gasteiger partial charge in [0.1, 0.15) is 10.1 Å². The standard InChI is InChI=1S/C26H34Br2N14S2/c1-15-19(27)21(33-23(31-15)39-11-5-3-6-12-39)43-25-37-35-17(41(25)29)9-10-18-36-38-26(42(18)30)44-22-20(28)16(2)32-24(34-22)40-13-7-4-8-14-40/h3-14,29-30H2,1-2H3. The van der Waals surface area contributed by atoms with Gasteiger partial charge < -0.3 is 21.5 Å². The Labute approximate surface area is 280 Å². The van der Waals surface area contributed by atoms with Gasteiger partial charge in [-0.1, -0.05) is 0 Å². The van der Waals surface area contributed by atoms with E-state index >= 15 is 0 Å². The zero-order valence-electron chi connectivity index (χ0n) is 24.6. The number of nitrogens with zero attached hydrogens (tertiary/aromatic N) is 12. The molecule has 0 aliphatic carbocycles. The Hall–Kier alpha value is -2.70. The molecule has 6 heterocycles. The normalized spacial score (nSPS) is 15.7. The summed E-state index contributed by atoms with van der Waals surface area (Å²) in [7, 11) is 0. The van der Waals surface area contributed by atoms with E-state index in [-0.39, 0.29) is 0 Å². The lowest BCUT2D eigenvalue weighted by molar-refractivity contribution is 0.565. The second-order valence-electron chi connectivity index (χ2n) is 10.8. The quantitative estimate of drug-likeness (QED) is 0.184. The summed E-state index contributed by atoms with van der Waals surface area (Å²) in [5.74, 6) is 15.5. The number of halogens is 2. The van der Waals surface area contributed by atoms with Crippen molar-refractivity contribution in [3.05, 3.63) is 32.0 Å². The third kappa shape index (κ3) is 6.77. The summed E-state index contributed by atoms with van der Waals surface area (Å²) in [6.45, 7) is 7.78. The fraction of sp³-hybridized carbons (Fsp3) is 0.538. The van der Waals surface area contributed by atoms with Crippen LogP contribution in [0.1, 0.15) is 61.6 Å². The van der Waals surface area contributed by atoms with Crippen LogP contribution in [0, 0.1) is 13.8 Å². The molecule has 6 rings (SSSR count). The minimum atomic E-state index is 0.475. The van der Waals surface area contributed by atoms with Crippen LogP contribution < -0.4 is 21.5 Å². The maximum atomic E-state index is 6.44. The third-order valence-corrected chi connectivity index (χ3v) is 12.0. The molecule has 2 fully saturated rings. The number of nitrogen functional groups attached to an aromatic ring is 2. The van der Waals surface area contributed by atoms with Gasteiger partial charge in [0.2, 0.25) is 22.2 Å². The van der Waals surface area contributed by atoms with Crippen molar-refractivity contribution in [2.75, 3.05) is 47.7 Å². The topological polar surface area (TPSA) is 172 Å². The molecule has 0 unspecified atom stereocenters. The zero-order valence-corrected chi connectivity index (χ0v) is 29.4. The van der Waals surface area contributed by atoms with Gasteiger partial charge in [-0.05, 0) is 108 Å². The summed E-state index contributed by atoms with van der Waals surface area (Å²) >= 11 is 10.0. The van der Waals surface area contributed by atoms with E-state index in [2.05, 4.69) is 62.1 Å². The summed E-state index contributed by atoms with van der Waals surface area (Å²) in [5, 5.41) is 19.9. The summed E-state index contributed by atoms with van der Waals surface area (Å²) in [5.41, 5.74) is 1.74. The predicted molar refractivity (Wildman–Crippen MR) is 177 cm³/mol. The number of hydrogen-bond donors (Lipinski definition) is 2. The average Bonchev–Trinajstić information content (AvgIpc) is 3.57. The molecule has 234 valence electrons. The van der Waals surface area contributed by atoms with Crippen LogP contribution in [0.4, 0.5) is 11.9 Å². The highest BCUT2D eigenvalue weighted by Crippen LogP contribution is 2.35. The van der Waals surface area contributed by atoms with Crippen LogP contribution in [-0.2, 0) is 12.8 Å². The Morgan fingerprint density at radius 2 is 0.977 bits per heavy atom. The molecule has 44 heavy (non-hydrogen) atoms. The Balaban J connectivity index is 1.13. The van der Waals surface area contributed by atoms with Gasteiger partial charge in [-0.2, -0.15) is 0 Å². The highest BCUT2D eigenvalue weighted by atomic mass is 79.9. The molecule has 4 aromatic rings. The van der Waals surface area contributed by atoms with Crippen LogP contribution in [0.15, 0.2) is 29.3 Å². The number of nitrogens with two attached hydrogens (primary N) is 2. The minimum absolute atomic E-state index is 0.475. The number of hydrogen-bond acceptors (Lipinski definition) is 14. The van der Waals surface area contributed by atoms with Gasteiger partial charge in [-0.3, -0.25) is 0 Å². The van der Waals surface area contributed by atoms with Crippen LogP contribution >= 0.6 is 55.4 Å². The highest BCUT2D eigenvalue weighted by Gasteiger charge is 2.22. The van der Waals surface area contributed by atoms with E-state index in [4.69, 9.17) is 31.6 Å². The first-order valence-corrected chi connectivity index (χ1v) is 17.8. The van der Waals surface area contributed by atoms with Gasteiger partial charge in [0.25, 0.3) is 0 Å². The SMILES string of the molecule is Cc1nc(N2CCCCC2)nc(Sc2nnc(CCc3nnc(Sc4nc(N5CCCCC5)nc(C)c4Br)n3N)n2N)c1Br. The molecular weight excluding hydrogens is 732 g/mol. The van der Waals surface area contributed by atoms with Gasteiger partial charge >= 0.3 is 0 Å². The van der Waals surface area contributed by atoms with Crippen molar-refractivity contribution in [1.82, 2.24) is 49.7 Å². The summed E-state index contributed by atoms with van der Waals surface area (Å²) < 4.78 is 4.63. The van der Waals surface area contributed by atoms with Crippen LogP contribution in [0.25, 0.3) is 0 Å². The number of rotatable bonds is 9. The Bertz CT molecular complexity index is 1510. The van der Waals surface area contributed by atoms with Crippen LogP contribution in [-0.4, -0.2) is 75.9 Å². The fourth-order valence-corrected chi connectivity index (χ4v) is 7.62. The second kappa shape index (κ2) is 13.7.